The van der Waals surface area contributed by atoms with E-state index in [2.05, 4.69) is 33.8 Å². The third-order valence-electron chi connectivity index (χ3n) is 14.3. The highest BCUT2D eigenvalue weighted by Crippen LogP contribution is 2.54. The number of rotatable bonds is 12. The molecular formula is C42H70O10. The molecule has 0 amide bonds. The molecule has 0 unspecified atom stereocenters. The van der Waals surface area contributed by atoms with Crippen LogP contribution in [-0.4, -0.2) is 86.5 Å². The summed E-state index contributed by atoms with van der Waals surface area (Å²) >= 11 is 0. The molecule has 0 aliphatic carbocycles. The Hall–Kier alpha value is -1.40. The van der Waals surface area contributed by atoms with E-state index in [0.717, 1.165) is 19.3 Å². The van der Waals surface area contributed by atoms with Crippen LogP contribution in [0, 0.1) is 41.4 Å². The van der Waals surface area contributed by atoms with Crippen molar-refractivity contribution in [1.29, 1.82) is 0 Å². The first-order valence-electron chi connectivity index (χ1n) is 20.6. The van der Waals surface area contributed by atoms with Crippen molar-refractivity contribution < 1.29 is 48.6 Å². The predicted octanol–water partition coefficient (Wildman–Crippen LogP) is 7.22. The lowest BCUT2D eigenvalue weighted by atomic mass is 9.72. The molecule has 52 heavy (non-hydrogen) atoms. The zero-order valence-corrected chi connectivity index (χ0v) is 33.6. The van der Waals surface area contributed by atoms with Gasteiger partial charge < -0.3 is 39.0 Å². The highest BCUT2D eigenvalue weighted by atomic mass is 16.8. The maximum atomic E-state index is 14.4. The average Bonchev–Trinajstić information content (AvgIpc) is 3.43. The highest BCUT2D eigenvalue weighted by molar-refractivity contribution is 5.84. The Morgan fingerprint density at radius 2 is 1.58 bits per heavy atom. The van der Waals surface area contributed by atoms with Crippen LogP contribution in [-0.2, 0) is 33.3 Å². The molecule has 5 aliphatic heterocycles. The van der Waals surface area contributed by atoms with Crippen molar-refractivity contribution in [3.05, 3.63) is 12.2 Å². The minimum atomic E-state index is -1.06. The van der Waals surface area contributed by atoms with Crippen molar-refractivity contribution in [2.75, 3.05) is 0 Å². The molecule has 0 radical (unpaired) electrons. The number of carboxylic acid groups (broad SMARTS) is 1. The maximum absolute atomic E-state index is 14.4. The van der Waals surface area contributed by atoms with Gasteiger partial charge in [0.2, 0.25) is 0 Å². The quantitative estimate of drug-likeness (QED) is 0.176. The largest absolute Gasteiger partial charge is 0.481 e. The van der Waals surface area contributed by atoms with Gasteiger partial charge in [0.25, 0.3) is 0 Å². The first-order chi connectivity index (χ1) is 24.4. The minimum absolute atomic E-state index is 0.0134. The van der Waals surface area contributed by atoms with Crippen molar-refractivity contribution >= 4 is 11.8 Å². The number of aliphatic hydroxyl groups is 2. The summed E-state index contributed by atoms with van der Waals surface area (Å²) in [5.74, 6) is -4.67. The van der Waals surface area contributed by atoms with E-state index in [-0.39, 0.29) is 47.8 Å². The number of carbonyl (C=O) groups is 2. The number of aliphatic hydroxyl groups excluding tert-OH is 1. The number of ketones is 1. The van der Waals surface area contributed by atoms with E-state index < -0.39 is 64.8 Å². The van der Waals surface area contributed by atoms with Gasteiger partial charge in [0.1, 0.15) is 5.78 Å². The molecule has 0 aromatic heterocycles. The van der Waals surface area contributed by atoms with Gasteiger partial charge in [-0.1, -0.05) is 61.5 Å². The molecule has 5 rings (SSSR count). The Bertz CT molecular complexity index is 1290. The molecule has 3 N–H and O–H groups in total. The Morgan fingerprint density at radius 3 is 2.19 bits per heavy atom. The lowest BCUT2D eigenvalue weighted by molar-refractivity contribution is -0.393. The second kappa shape index (κ2) is 16.0. The standard InChI is InChI=1S/C42H70O10/c1-11-30(38(45)46)32-16-15-24(4)36(49-32)28(8)34(43)27(7)35(44)31(12-2)37-25(5)23-26(6)42(50-37)19-14-18-41(52-42)22-21-39(10,51-41)33-17-20-40(47,13-3)29(9)48-33/h14,19,24-34,36-37,43,47H,11-13,15-18,20-23H2,1-10H3,(H,45,46)/t24-,25-,26+,27-,28-,29-,30+,31-,32+,33+,34+,36+,37-,39-,40+,41+,42-/m0/s1. The second-order valence-electron chi connectivity index (χ2n) is 17.8. The highest BCUT2D eigenvalue weighted by Gasteiger charge is 2.60. The van der Waals surface area contributed by atoms with Gasteiger partial charge >= 0.3 is 5.97 Å². The fourth-order valence-electron chi connectivity index (χ4n) is 10.5. The Kier molecular flexibility index (Phi) is 12.8. The lowest BCUT2D eigenvalue weighted by Gasteiger charge is -2.53. The van der Waals surface area contributed by atoms with Gasteiger partial charge in [-0.15, -0.1) is 0 Å². The lowest BCUT2D eigenvalue weighted by Crippen LogP contribution is -2.60. The fourth-order valence-corrected chi connectivity index (χ4v) is 10.5. The molecule has 0 aromatic carbocycles. The number of carboxylic acids is 1. The topological polar surface area (TPSA) is 141 Å². The molecule has 298 valence electrons. The molecule has 4 fully saturated rings. The first-order valence-corrected chi connectivity index (χ1v) is 20.6. The number of aliphatic carboxylic acids is 1. The van der Waals surface area contributed by atoms with E-state index in [9.17, 15) is 24.9 Å². The summed E-state index contributed by atoms with van der Waals surface area (Å²) < 4.78 is 33.9. The van der Waals surface area contributed by atoms with E-state index in [0.29, 0.717) is 51.4 Å². The van der Waals surface area contributed by atoms with Crippen LogP contribution < -0.4 is 0 Å². The Labute approximate surface area is 312 Å². The minimum Gasteiger partial charge on any atom is -0.481 e. The fraction of sp³-hybridized carbons (Fsp3) is 0.905. The van der Waals surface area contributed by atoms with Gasteiger partial charge in [-0.05, 0) is 89.5 Å². The van der Waals surface area contributed by atoms with Crippen molar-refractivity contribution in [3.8, 4) is 0 Å². The van der Waals surface area contributed by atoms with Gasteiger partial charge in [0.15, 0.2) is 11.6 Å². The van der Waals surface area contributed by atoms with E-state index in [1.54, 1.807) is 0 Å². The predicted molar refractivity (Wildman–Crippen MR) is 197 cm³/mol. The zero-order valence-electron chi connectivity index (χ0n) is 33.6. The summed E-state index contributed by atoms with van der Waals surface area (Å²) in [6, 6.07) is 0. The molecule has 4 saturated heterocycles. The first kappa shape index (κ1) is 41.8. The third kappa shape index (κ3) is 7.83. The zero-order chi connectivity index (χ0) is 38.4. The summed E-state index contributed by atoms with van der Waals surface area (Å²) in [5.41, 5.74) is -1.40. The van der Waals surface area contributed by atoms with Crippen LogP contribution in [0.15, 0.2) is 12.2 Å². The normalized spacial score (nSPS) is 45.4. The van der Waals surface area contributed by atoms with Crippen LogP contribution in [0.3, 0.4) is 0 Å². The summed E-state index contributed by atoms with van der Waals surface area (Å²) in [7, 11) is 0. The smallest absolute Gasteiger partial charge is 0.309 e. The van der Waals surface area contributed by atoms with Gasteiger partial charge in [0, 0.05) is 36.5 Å². The van der Waals surface area contributed by atoms with Crippen LogP contribution in [0.4, 0.5) is 0 Å². The molecule has 0 aromatic rings. The molecule has 5 aliphatic rings. The van der Waals surface area contributed by atoms with E-state index in [4.69, 9.17) is 23.7 Å². The number of hydrogen-bond acceptors (Lipinski definition) is 9. The number of carbonyl (C=O) groups excluding carboxylic acids is 1. The van der Waals surface area contributed by atoms with Crippen molar-refractivity contribution in [2.45, 2.75) is 199 Å². The van der Waals surface area contributed by atoms with Crippen LogP contribution >= 0.6 is 0 Å². The molecular weight excluding hydrogens is 664 g/mol. The van der Waals surface area contributed by atoms with Gasteiger partial charge in [0.05, 0.1) is 53.7 Å². The van der Waals surface area contributed by atoms with Crippen LogP contribution in [0.5, 0.6) is 0 Å². The van der Waals surface area contributed by atoms with Crippen LogP contribution in [0.1, 0.15) is 140 Å². The van der Waals surface area contributed by atoms with E-state index >= 15 is 0 Å². The third-order valence-corrected chi connectivity index (χ3v) is 14.3. The van der Waals surface area contributed by atoms with E-state index in [1.165, 1.54) is 0 Å². The molecule has 0 saturated carbocycles. The molecule has 10 heteroatoms. The van der Waals surface area contributed by atoms with Gasteiger partial charge in [-0.3, -0.25) is 9.59 Å². The van der Waals surface area contributed by atoms with Crippen molar-refractivity contribution in [1.82, 2.24) is 0 Å². The van der Waals surface area contributed by atoms with Crippen molar-refractivity contribution in [2.24, 2.45) is 41.4 Å². The van der Waals surface area contributed by atoms with Crippen LogP contribution in [0.2, 0.25) is 0 Å². The molecule has 5 heterocycles. The second-order valence-corrected chi connectivity index (χ2v) is 17.8. The molecule has 17 atom stereocenters. The summed E-state index contributed by atoms with van der Waals surface area (Å²) in [6.45, 7) is 20.0. The number of Topliss-reactive ketones (excluding diaryl/α,β-unsaturated/α-hetero) is 1. The van der Waals surface area contributed by atoms with Gasteiger partial charge in [-0.2, -0.15) is 0 Å². The Morgan fingerprint density at radius 1 is 0.885 bits per heavy atom. The summed E-state index contributed by atoms with van der Waals surface area (Å²) in [5, 5.41) is 32.5. The van der Waals surface area contributed by atoms with Crippen molar-refractivity contribution in [3.63, 3.8) is 0 Å². The summed E-state index contributed by atoms with van der Waals surface area (Å²) in [6.07, 6.45) is 8.95. The SMILES string of the molecule is CC[C@@H](C(=O)[C@@H](C)[C@@H](O)[C@H](C)[C@@H]1O[C@@H]([C@@H](CC)C(=O)O)CC[C@@H]1C)[C@H]1O[C@]2(C=CC[C@]3(CC[C@@](C)([C@H]4CC[C@](O)(CC)[C@H](C)O4)O3)O2)[C@H](C)C[C@@H]1C. The number of ether oxygens (including phenoxy) is 5. The van der Waals surface area contributed by atoms with Crippen LogP contribution in [0.25, 0.3) is 0 Å². The maximum Gasteiger partial charge on any atom is 0.309 e. The monoisotopic (exact) mass is 734 g/mol. The Balaban J connectivity index is 1.29. The molecule has 2 spiro atoms. The molecule has 0 bridgehead atoms. The average molecular weight is 735 g/mol. The number of hydrogen-bond donors (Lipinski definition) is 3. The molecule has 10 nitrogen and oxygen atoms in total. The summed E-state index contributed by atoms with van der Waals surface area (Å²) in [4.78, 5) is 26.3. The van der Waals surface area contributed by atoms with E-state index in [1.807, 2.05) is 47.6 Å². The van der Waals surface area contributed by atoms with Gasteiger partial charge in [-0.25, -0.2) is 0 Å².